The third kappa shape index (κ3) is 2.83. The molecule has 0 bridgehead atoms. The van der Waals surface area contributed by atoms with Gasteiger partial charge < -0.3 is 14.6 Å². The van der Waals surface area contributed by atoms with E-state index in [1.807, 2.05) is 7.05 Å². The number of likely N-dealkylation sites (tertiary alicyclic amines) is 1. The van der Waals surface area contributed by atoms with Crippen LogP contribution in [0.1, 0.15) is 30.3 Å². The molecule has 4 nitrogen and oxygen atoms in total. The number of hydrogen-bond donors (Lipinski definition) is 1. The van der Waals surface area contributed by atoms with Gasteiger partial charge in [0.25, 0.3) is 0 Å². The van der Waals surface area contributed by atoms with Crippen LogP contribution in [0.5, 0.6) is 0 Å². The number of hydrogen-bond acceptors (Lipinski definition) is 4. The minimum atomic E-state index is 0.488. The quantitative estimate of drug-likeness (QED) is 0.834. The van der Waals surface area contributed by atoms with Gasteiger partial charge in [0.2, 0.25) is 0 Å². The van der Waals surface area contributed by atoms with E-state index in [4.69, 9.17) is 4.42 Å². The number of nitrogens with zero attached hydrogens (tertiary/aromatic N) is 2. The lowest BCUT2D eigenvalue weighted by Crippen LogP contribution is -2.30. The van der Waals surface area contributed by atoms with Crippen molar-refractivity contribution >= 4 is 0 Å². The molecule has 1 aromatic heterocycles. The van der Waals surface area contributed by atoms with Gasteiger partial charge in [0.05, 0.1) is 5.69 Å². The van der Waals surface area contributed by atoms with E-state index in [9.17, 15) is 0 Å². The summed E-state index contributed by atoms with van der Waals surface area (Å²) < 4.78 is 5.58. The molecule has 1 N–H and O–H groups in total. The zero-order valence-corrected chi connectivity index (χ0v) is 10.2. The fourth-order valence-electron chi connectivity index (χ4n) is 2.25. The summed E-state index contributed by atoms with van der Waals surface area (Å²) in [5.74, 6) is 1.42. The van der Waals surface area contributed by atoms with Gasteiger partial charge in [-0.15, -0.1) is 0 Å². The van der Waals surface area contributed by atoms with E-state index in [-0.39, 0.29) is 0 Å². The third-order valence-corrected chi connectivity index (χ3v) is 3.17. The van der Waals surface area contributed by atoms with Crippen molar-refractivity contribution in [2.45, 2.75) is 25.2 Å². The number of nitrogens with one attached hydrogen (secondary N) is 1. The van der Waals surface area contributed by atoms with E-state index < -0.39 is 0 Å². The molecule has 1 unspecified atom stereocenters. The summed E-state index contributed by atoms with van der Waals surface area (Å²) in [6.45, 7) is 3.23. The highest BCUT2D eigenvalue weighted by Gasteiger charge is 2.22. The molecule has 0 saturated carbocycles. The summed E-state index contributed by atoms with van der Waals surface area (Å²) in [5, 5.41) is 3.12. The molecule has 1 aliphatic heterocycles. The Kier molecular flexibility index (Phi) is 3.96. The van der Waals surface area contributed by atoms with Crippen molar-refractivity contribution in [3.63, 3.8) is 0 Å². The second-order valence-electron chi connectivity index (χ2n) is 4.63. The van der Waals surface area contributed by atoms with Gasteiger partial charge in [-0.2, -0.15) is 0 Å². The van der Waals surface area contributed by atoms with Crippen LogP contribution in [-0.4, -0.2) is 43.6 Å². The molecule has 1 saturated heterocycles. The summed E-state index contributed by atoms with van der Waals surface area (Å²) in [6, 6.07) is 0. The van der Waals surface area contributed by atoms with Gasteiger partial charge in [0.1, 0.15) is 6.26 Å². The lowest BCUT2D eigenvalue weighted by molar-refractivity contribution is 0.230. The topological polar surface area (TPSA) is 41.3 Å². The van der Waals surface area contributed by atoms with E-state index in [2.05, 4.69) is 22.2 Å². The van der Waals surface area contributed by atoms with Crippen LogP contribution in [0.25, 0.3) is 0 Å². The minimum Gasteiger partial charge on any atom is -0.448 e. The van der Waals surface area contributed by atoms with Crippen LogP contribution < -0.4 is 5.32 Å². The van der Waals surface area contributed by atoms with Crippen LogP contribution in [0.2, 0.25) is 0 Å². The number of piperidine rings is 1. The maximum absolute atomic E-state index is 5.58. The van der Waals surface area contributed by atoms with Crippen molar-refractivity contribution in [1.29, 1.82) is 0 Å². The molecular formula is C12H21N3O. The highest BCUT2D eigenvalue weighted by Crippen LogP contribution is 2.25. The van der Waals surface area contributed by atoms with Gasteiger partial charge in [-0.3, -0.25) is 0 Å². The van der Waals surface area contributed by atoms with Crippen LogP contribution in [0, 0.1) is 0 Å². The number of aromatic nitrogens is 1. The third-order valence-electron chi connectivity index (χ3n) is 3.17. The SMILES string of the molecule is CNCCc1coc(C2CCCN(C)C2)n1. The Morgan fingerprint density at radius 3 is 3.25 bits per heavy atom. The fraction of sp³-hybridized carbons (Fsp3) is 0.750. The van der Waals surface area contributed by atoms with Crippen LogP contribution in [0.15, 0.2) is 10.7 Å². The van der Waals surface area contributed by atoms with Crippen molar-refractivity contribution in [3.05, 3.63) is 17.8 Å². The van der Waals surface area contributed by atoms with Gasteiger partial charge in [-0.1, -0.05) is 0 Å². The zero-order valence-electron chi connectivity index (χ0n) is 10.2. The maximum Gasteiger partial charge on any atom is 0.198 e. The van der Waals surface area contributed by atoms with Crippen LogP contribution >= 0.6 is 0 Å². The normalized spacial score (nSPS) is 22.5. The summed E-state index contributed by atoms with van der Waals surface area (Å²) in [6.07, 6.45) is 5.20. The lowest BCUT2D eigenvalue weighted by atomic mass is 9.98. The molecule has 4 heteroatoms. The van der Waals surface area contributed by atoms with E-state index >= 15 is 0 Å². The number of oxazole rings is 1. The smallest absolute Gasteiger partial charge is 0.198 e. The van der Waals surface area contributed by atoms with Crippen molar-refractivity contribution in [3.8, 4) is 0 Å². The average molecular weight is 223 g/mol. The first-order chi connectivity index (χ1) is 7.79. The Hall–Kier alpha value is -0.870. The molecule has 2 heterocycles. The van der Waals surface area contributed by atoms with Gasteiger partial charge in [-0.25, -0.2) is 4.98 Å². The molecule has 1 aliphatic rings. The van der Waals surface area contributed by atoms with E-state index in [0.717, 1.165) is 31.1 Å². The number of likely N-dealkylation sites (N-methyl/N-ethyl adjacent to an activating group) is 2. The van der Waals surface area contributed by atoms with Gasteiger partial charge in [0, 0.05) is 25.4 Å². The Morgan fingerprint density at radius 2 is 2.50 bits per heavy atom. The summed E-state index contributed by atoms with van der Waals surface area (Å²) in [5.41, 5.74) is 1.07. The molecule has 1 atom stereocenters. The number of rotatable bonds is 4. The van der Waals surface area contributed by atoms with Crippen LogP contribution in [-0.2, 0) is 6.42 Å². The van der Waals surface area contributed by atoms with E-state index in [0.29, 0.717) is 5.92 Å². The van der Waals surface area contributed by atoms with Crippen molar-refractivity contribution in [2.75, 3.05) is 33.7 Å². The highest BCUT2D eigenvalue weighted by molar-refractivity contribution is 5.03. The lowest BCUT2D eigenvalue weighted by Gasteiger charge is -2.27. The molecule has 0 aromatic carbocycles. The predicted octanol–water partition coefficient (Wildman–Crippen LogP) is 1.25. The second-order valence-corrected chi connectivity index (χ2v) is 4.63. The Bertz CT molecular complexity index is 324. The van der Waals surface area contributed by atoms with Crippen LogP contribution in [0.3, 0.4) is 0 Å². The van der Waals surface area contributed by atoms with Crippen molar-refractivity contribution in [2.24, 2.45) is 0 Å². The Labute approximate surface area is 97.0 Å². The van der Waals surface area contributed by atoms with E-state index in [1.165, 1.54) is 19.4 Å². The maximum atomic E-state index is 5.58. The molecule has 0 radical (unpaired) electrons. The van der Waals surface area contributed by atoms with Crippen molar-refractivity contribution < 1.29 is 4.42 Å². The first-order valence-electron chi connectivity index (χ1n) is 6.07. The Morgan fingerprint density at radius 1 is 1.62 bits per heavy atom. The molecule has 1 fully saturated rings. The molecule has 0 aliphatic carbocycles. The summed E-state index contributed by atoms with van der Waals surface area (Å²) >= 11 is 0. The standard InChI is InChI=1S/C12H21N3O/c1-13-6-5-11-9-16-12(14-11)10-4-3-7-15(2)8-10/h9-10,13H,3-8H2,1-2H3. The molecular weight excluding hydrogens is 202 g/mol. The first kappa shape index (κ1) is 11.6. The first-order valence-corrected chi connectivity index (χ1v) is 6.07. The fourth-order valence-corrected chi connectivity index (χ4v) is 2.25. The molecule has 1 aromatic rings. The summed E-state index contributed by atoms with van der Waals surface area (Å²) in [4.78, 5) is 6.93. The van der Waals surface area contributed by atoms with E-state index in [1.54, 1.807) is 6.26 Å². The molecule has 90 valence electrons. The van der Waals surface area contributed by atoms with Crippen LogP contribution in [0.4, 0.5) is 0 Å². The van der Waals surface area contributed by atoms with Crippen molar-refractivity contribution in [1.82, 2.24) is 15.2 Å². The largest absolute Gasteiger partial charge is 0.448 e. The molecule has 16 heavy (non-hydrogen) atoms. The molecule has 2 rings (SSSR count). The Balaban J connectivity index is 1.95. The second kappa shape index (κ2) is 5.46. The highest BCUT2D eigenvalue weighted by atomic mass is 16.3. The molecule has 0 amide bonds. The zero-order chi connectivity index (χ0) is 11.4. The average Bonchev–Trinajstić information content (AvgIpc) is 2.75. The van der Waals surface area contributed by atoms with Gasteiger partial charge in [0.15, 0.2) is 5.89 Å². The predicted molar refractivity (Wildman–Crippen MR) is 63.6 cm³/mol. The van der Waals surface area contributed by atoms with Gasteiger partial charge in [-0.05, 0) is 33.5 Å². The summed E-state index contributed by atoms with van der Waals surface area (Å²) in [7, 11) is 4.12. The minimum absolute atomic E-state index is 0.488. The molecule has 0 spiro atoms. The van der Waals surface area contributed by atoms with Gasteiger partial charge >= 0.3 is 0 Å². The monoisotopic (exact) mass is 223 g/mol.